The van der Waals surface area contributed by atoms with Crippen LogP contribution in [0.1, 0.15) is 12.8 Å². The van der Waals surface area contributed by atoms with Crippen molar-refractivity contribution in [2.24, 2.45) is 0 Å². The zero-order chi connectivity index (χ0) is 15.0. The van der Waals surface area contributed by atoms with Gasteiger partial charge in [-0.3, -0.25) is 0 Å². The maximum atomic E-state index is 9.42. The molecule has 0 unspecified atom stereocenters. The first-order chi connectivity index (χ1) is 9.73. The predicted molar refractivity (Wildman–Crippen MR) is 73.5 cm³/mol. The Kier molecular flexibility index (Phi) is 8.28. The molecule has 0 amide bonds. The predicted octanol–water partition coefficient (Wildman–Crippen LogP) is 0.731. The normalized spacial score (nSPS) is 34.1. The van der Waals surface area contributed by atoms with Crippen LogP contribution in [0.2, 0.25) is 0 Å². The molecule has 0 aromatic rings. The molecule has 0 radical (unpaired) electrons. The van der Waals surface area contributed by atoms with E-state index in [2.05, 4.69) is 6.58 Å². The van der Waals surface area contributed by atoms with Gasteiger partial charge in [0, 0.05) is 21.3 Å². The summed E-state index contributed by atoms with van der Waals surface area (Å²) >= 11 is 0. The van der Waals surface area contributed by atoms with E-state index < -0.39 is 24.6 Å². The van der Waals surface area contributed by atoms with E-state index in [0.717, 1.165) is 12.8 Å². The number of hydrogen-bond acceptors (Lipinski definition) is 6. The fourth-order valence-electron chi connectivity index (χ4n) is 2.39. The maximum absolute atomic E-state index is 9.42. The highest BCUT2D eigenvalue weighted by Crippen LogP contribution is 2.27. The number of aliphatic hydroxyl groups is 1. The highest BCUT2D eigenvalue weighted by molar-refractivity contribution is 4.92. The van der Waals surface area contributed by atoms with Gasteiger partial charge in [-0.2, -0.15) is 0 Å². The molecule has 1 N–H and O–H groups in total. The van der Waals surface area contributed by atoms with Crippen molar-refractivity contribution >= 4 is 0 Å². The highest BCUT2D eigenvalue weighted by atomic mass is 16.7. The van der Waals surface area contributed by atoms with Gasteiger partial charge in [-0.15, -0.1) is 6.58 Å². The Balaban J connectivity index is 2.69. The quantitative estimate of drug-likeness (QED) is 0.499. The molecule has 1 fully saturated rings. The van der Waals surface area contributed by atoms with Crippen LogP contribution in [0, 0.1) is 0 Å². The first-order valence-electron chi connectivity index (χ1n) is 6.80. The van der Waals surface area contributed by atoms with Crippen LogP contribution in [-0.2, 0) is 23.7 Å². The van der Waals surface area contributed by atoms with Crippen molar-refractivity contribution in [2.45, 2.75) is 43.5 Å². The Morgan fingerprint density at radius 1 is 1.10 bits per heavy atom. The summed E-state index contributed by atoms with van der Waals surface area (Å²) in [5, 5.41) is 9.42. The van der Waals surface area contributed by atoms with Crippen LogP contribution in [-0.4, -0.2) is 70.4 Å². The molecule has 5 atom stereocenters. The van der Waals surface area contributed by atoms with E-state index in [1.807, 2.05) is 6.08 Å². The second kappa shape index (κ2) is 9.44. The molecule has 0 aromatic heterocycles. The number of unbranched alkanes of at least 4 members (excludes halogenated alkanes) is 1. The number of aliphatic hydroxyl groups excluding tert-OH is 1. The summed E-state index contributed by atoms with van der Waals surface area (Å²) in [6, 6.07) is 0. The Morgan fingerprint density at radius 3 is 2.25 bits per heavy atom. The first-order valence-corrected chi connectivity index (χ1v) is 6.80. The van der Waals surface area contributed by atoms with Crippen LogP contribution in [0.25, 0.3) is 0 Å². The monoisotopic (exact) mass is 290 g/mol. The largest absolute Gasteiger partial charge is 0.394 e. The Morgan fingerprint density at radius 2 is 1.75 bits per heavy atom. The summed E-state index contributed by atoms with van der Waals surface area (Å²) in [5.74, 6) is 0. The molecule has 6 heteroatoms. The summed E-state index contributed by atoms with van der Waals surface area (Å²) in [4.78, 5) is 0. The van der Waals surface area contributed by atoms with Gasteiger partial charge in [0.1, 0.15) is 24.4 Å². The van der Waals surface area contributed by atoms with E-state index >= 15 is 0 Å². The summed E-state index contributed by atoms with van der Waals surface area (Å²) in [6.45, 7) is 4.03. The molecule has 20 heavy (non-hydrogen) atoms. The van der Waals surface area contributed by atoms with E-state index in [-0.39, 0.29) is 12.7 Å². The van der Waals surface area contributed by atoms with Crippen molar-refractivity contribution in [2.75, 3.05) is 34.5 Å². The van der Waals surface area contributed by atoms with Crippen molar-refractivity contribution in [3.05, 3.63) is 12.7 Å². The zero-order valence-electron chi connectivity index (χ0n) is 12.5. The van der Waals surface area contributed by atoms with Gasteiger partial charge < -0.3 is 28.8 Å². The lowest BCUT2D eigenvalue weighted by Crippen LogP contribution is -2.61. The van der Waals surface area contributed by atoms with Crippen molar-refractivity contribution in [3.63, 3.8) is 0 Å². The van der Waals surface area contributed by atoms with E-state index in [1.165, 1.54) is 0 Å². The minimum atomic E-state index is -0.585. The number of allylic oxidation sites excluding steroid dienone is 1. The highest BCUT2D eigenvalue weighted by Gasteiger charge is 2.47. The van der Waals surface area contributed by atoms with Gasteiger partial charge in [0.15, 0.2) is 6.29 Å². The number of ether oxygens (including phenoxy) is 5. The van der Waals surface area contributed by atoms with E-state index in [1.54, 1.807) is 21.3 Å². The summed E-state index contributed by atoms with van der Waals surface area (Å²) < 4.78 is 27.7. The van der Waals surface area contributed by atoms with Crippen LogP contribution < -0.4 is 0 Å². The molecule has 0 saturated carbocycles. The van der Waals surface area contributed by atoms with Gasteiger partial charge in [-0.25, -0.2) is 0 Å². The zero-order valence-corrected chi connectivity index (χ0v) is 12.5. The van der Waals surface area contributed by atoms with Crippen LogP contribution in [0.5, 0.6) is 0 Å². The van der Waals surface area contributed by atoms with E-state index in [0.29, 0.717) is 6.61 Å². The fourth-order valence-corrected chi connectivity index (χ4v) is 2.39. The van der Waals surface area contributed by atoms with Crippen molar-refractivity contribution in [1.29, 1.82) is 0 Å². The molecule has 0 aliphatic carbocycles. The van der Waals surface area contributed by atoms with Gasteiger partial charge in [-0.1, -0.05) is 6.08 Å². The SMILES string of the molecule is C=CCCCO[C@H]1O[C@H](CO)[C@@H](OC)[C@H](OC)[C@H]1OC. The summed E-state index contributed by atoms with van der Waals surface area (Å²) in [7, 11) is 4.71. The summed E-state index contributed by atoms with van der Waals surface area (Å²) in [6.07, 6.45) is 1.32. The fraction of sp³-hybridized carbons (Fsp3) is 0.857. The lowest BCUT2D eigenvalue weighted by molar-refractivity contribution is -0.312. The van der Waals surface area contributed by atoms with E-state index in [9.17, 15) is 5.11 Å². The third-order valence-corrected chi connectivity index (χ3v) is 3.42. The second-order valence-electron chi connectivity index (χ2n) is 4.63. The van der Waals surface area contributed by atoms with Crippen LogP contribution in [0.4, 0.5) is 0 Å². The average molecular weight is 290 g/mol. The van der Waals surface area contributed by atoms with Gasteiger partial charge in [0.25, 0.3) is 0 Å². The molecule has 0 bridgehead atoms. The molecule has 1 heterocycles. The van der Waals surface area contributed by atoms with E-state index in [4.69, 9.17) is 23.7 Å². The Labute approximate surface area is 120 Å². The number of rotatable bonds is 9. The molecule has 118 valence electrons. The lowest BCUT2D eigenvalue weighted by Gasteiger charge is -2.44. The molecule has 1 saturated heterocycles. The molecule has 0 aromatic carbocycles. The Bertz CT molecular complexity index is 272. The maximum Gasteiger partial charge on any atom is 0.186 e. The summed E-state index contributed by atoms with van der Waals surface area (Å²) in [5.41, 5.74) is 0. The molecule has 6 nitrogen and oxygen atoms in total. The molecule has 1 aliphatic rings. The van der Waals surface area contributed by atoms with Crippen LogP contribution in [0.15, 0.2) is 12.7 Å². The van der Waals surface area contributed by atoms with Gasteiger partial charge in [0.2, 0.25) is 0 Å². The van der Waals surface area contributed by atoms with Gasteiger partial charge in [0.05, 0.1) is 13.2 Å². The number of hydrogen-bond donors (Lipinski definition) is 1. The van der Waals surface area contributed by atoms with Crippen LogP contribution in [0.3, 0.4) is 0 Å². The van der Waals surface area contributed by atoms with Crippen molar-refractivity contribution in [1.82, 2.24) is 0 Å². The molecule has 1 aliphatic heterocycles. The third-order valence-electron chi connectivity index (χ3n) is 3.42. The van der Waals surface area contributed by atoms with Crippen molar-refractivity contribution in [3.8, 4) is 0 Å². The third kappa shape index (κ3) is 4.25. The first kappa shape index (κ1) is 17.6. The molecule has 0 spiro atoms. The topological polar surface area (TPSA) is 66.4 Å². The lowest BCUT2D eigenvalue weighted by atomic mass is 9.98. The molecular weight excluding hydrogens is 264 g/mol. The molecular formula is C14H26O6. The van der Waals surface area contributed by atoms with Crippen LogP contribution >= 0.6 is 0 Å². The average Bonchev–Trinajstić information content (AvgIpc) is 2.49. The minimum absolute atomic E-state index is 0.165. The van der Waals surface area contributed by atoms with Crippen molar-refractivity contribution < 1.29 is 28.8 Å². The van der Waals surface area contributed by atoms with Gasteiger partial charge >= 0.3 is 0 Å². The smallest absolute Gasteiger partial charge is 0.186 e. The second-order valence-corrected chi connectivity index (χ2v) is 4.63. The number of methoxy groups -OCH3 is 3. The standard InChI is InChI=1S/C14H26O6/c1-5-6-7-8-19-14-13(18-4)12(17-3)11(16-2)10(9-15)20-14/h5,10-15H,1,6-9H2,2-4H3/t10-,11-,12+,13-,14+/m1/s1. The minimum Gasteiger partial charge on any atom is -0.394 e. The molecule has 1 rings (SSSR count). The van der Waals surface area contributed by atoms with Gasteiger partial charge in [-0.05, 0) is 12.8 Å². The Hall–Kier alpha value is -0.500.